The minimum atomic E-state index is -1.17. The molecule has 0 spiro atoms. The maximum absolute atomic E-state index is 9.99. The van der Waals surface area contributed by atoms with Crippen molar-refractivity contribution in [3.05, 3.63) is 0 Å². The van der Waals surface area contributed by atoms with E-state index in [0.717, 1.165) is 0 Å². The smallest absolute Gasteiger partial charge is 0.320 e. The maximum Gasteiger partial charge on any atom is 0.320 e. The van der Waals surface area contributed by atoms with Crippen molar-refractivity contribution in [1.29, 1.82) is 0 Å². The molecule has 0 bridgehead atoms. The summed E-state index contributed by atoms with van der Waals surface area (Å²) >= 11 is 0. The molecule has 17 heavy (non-hydrogen) atoms. The lowest BCUT2D eigenvalue weighted by Gasteiger charge is -2.15. The van der Waals surface area contributed by atoms with Crippen molar-refractivity contribution in [2.24, 2.45) is 11.5 Å². The predicted octanol–water partition coefficient (Wildman–Crippen LogP) is 0.541. The van der Waals surface area contributed by atoms with Gasteiger partial charge in [-0.2, -0.15) is 0 Å². The Balaban J connectivity index is 0.000000318. The minimum absolute atomic E-state index is 0.0231. The Morgan fingerprint density at radius 1 is 1.18 bits per heavy atom. The summed E-state index contributed by atoms with van der Waals surface area (Å²) in [6, 6.07) is -0.523. The number of carbonyl (C=O) groups is 2. The molecular formula is C11H22N2O4. The van der Waals surface area contributed by atoms with Gasteiger partial charge in [-0.15, -0.1) is 0 Å². The van der Waals surface area contributed by atoms with Crippen molar-refractivity contribution in [3.63, 3.8) is 0 Å². The SMILES string of the molecule is NC1CCCCC1.N[C@@H](CCC(=O)O)C(=O)O. The predicted molar refractivity (Wildman–Crippen MR) is 63.5 cm³/mol. The molecule has 0 radical (unpaired) electrons. The van der Waals surface area contributed by atoms with Crippen LogP contribution in [-0.4, -0.2) is 34.2 Å². The fraction of sp³-hybridized carbons (Fsp3) is 0.818. The molecule has 1 atom stereocenters. The van der Waals surface area contributed by atoms with Gasteiger partial charge in [0.1, 0.15) is 6.04 Å². The zero-order chi connectivity index (χ0) is 13.3. The van der Waals surface area contributed by atoms with E-state index in [9.17, 15) is 9.59 Å². The Morgan fingerprint density at radius 3 is 2.00 bits per heavy atom. The van der Waals surface area contributed by atoms with Gasteiger partial charge in [0.2, 0.25) is 0 Å². The van der Waals surface area contributed by atoms with Gasteiger partial charge in [0.25, 0.3) is 0 Å². The van der Waals surface area contributed by atoms with Crippen LogP contribution >= 0.6 is 0 Å². The van der Waals surface area contributed by atoms with Crippen LogP contribution in [0.4, 0.5) is 0 Å². The summed E-state index contributed by atoms with van der Waals surface area (Å²) in [7, 11) is 0. The fourth-order valence-corrected chi connectivity index (χ4v) is 1.54. The second-order valence-corrected chi connectivity index (χ2v) is 4.28. The summed E-state index contributed by atoms with van der Waals surface area (Å²) in [5, 5.41) is 16.3. The first-order valence-electron chi connectivity index (χ1n) is 5.89. The summed E-state index contributed by atoms with van der Waals surface area (Å²) < 4.78 is 0. The number of rotatable bonds is 4. The van der Waals surface area contributed by atoms with Gasteiger partial charge in [0, 0.05) is 12.5 Å². The summed E-state index contributed by atoms with van der Waals surface area (Å²) in [5.74, 6) is -2.20. The van der Waals surface area contributed by atoms with E-state index in [4.69, 9.17) is 21.7 Å². The number of hydrogen-bond donors (Lipinski definition) is 4. The Hall–Kier alpha value is -1.14. The molecule has 1 aliphatic carbocycles. The van der Waals surface area contributed by atoms with Gasteiger partial charge in [-0.3, -0.25) is 9.59 Å². The molecule has 0 aliphatic heterocycles. The zero-order valence-electron chi connectivity index (χ0n) is 9.97. The molecule has 1 fully saturated rings. The lowest BCUT2D eigenvalue weighted by molar-refractivity contribution is -0.139. The van der Waals surface area contributed by atoms with E-state index in [2.05, 4.69) is 0 Å². The highest BCUT2D eigenvalue weighted by molar-refractivity contribution is 5.74. The number of carboxylic acid groups (broad SMARTS) is 2. The third-order valence-electron chi connectivity index (χ3n) is 2.64. The fourth-order valence-electron chi connectivity index (χ4n) is 1.54. The van der Waals surface area contributed by atoms with Crippen LogP contribution in [0, 0.1) is 0 Å². The molecule has 1 rings (SSSR count). The van der Waals surface area contributed by atoms with Gasteiger partial charge >= 0.3 is 11.9 Å². The molecule has 0 aromatic carbocycles. The second-order valence-electron chi connectivity index (χ2n) is 4.28. The van der Waals surface area contributed by atoms with Gasteiger partial charge in [0.15, 0.2) is 0 Å². The van der Waals surface area contributed by atoms with Crippen molar-refractivity contribution in [2.45, 2.75) is 57.0 Å². The van der Waals surface area contributed by atoms with Crippen LogP contribution < -0.4 is 11.5 Å². The largest absolute Gasteiger partial charge is 0.481 e. The highest BCUT2D eigenvalue weighted by atomic mass is 16.4. The highest BCUT2D eigenvalue weighted by Crippen LogP contribution is 2.14. The highest BCUT2D eigenvalue weighted by Gasteiger charge is 2.12. The molecule has 1 aliphatic rings. The molecule has 6 nitrogen and oxygen atoms in total. The third kappa shape index (κ3) is 9.77. The standard InChI is InChI=1S/C6H13N.C5H9NO4/c7-6-4-2-1-3-5-6;6-3(5(9)10)1-2-4(7)8/h6H,1-5,7H2;3H,1-2,6H2,(H,7,8)(H,9,10)/t;3-/m.0/s1. The van der Waals surface area contributed by atoms with Gasteiger partial charge < -0.3 is 21.7 Å². The number of aliphatic carboxylic acids is 2. The average molecular weight is 246 g/mol. The summed E-state index contributed by atoms with van der Waals surface area (Å²) in [6.07, 6.45) is 6.44. The van der Waals surface area contributed by atoms with E-state index in [1.807, 2.05) is 0 Å². The molecular weight excluding hydrogens is 224 g/mol. The molecule has 0 heterocycles. The van der Waals surface area contributed by atoms with Gasteiger partial charge in [0.05, 0.1) is 0 Å². The van der Waals surface area contributed by atoms with Gasteiger partial charge in [-0.05, 0) is 19.3 Å². The Labute approximate surface area is 101 Å². The van der Waals surface area contributed by atoms with Gasteiger partial charge in [-0.25, -0.2) is 0 Å². The molecule has 0 unspecified atom stereocenters. The summed E-state index contributed by atoms with van der Waals surface area (Å²) in [6.45, 7) is 0. The van der Waals surface area contributed by atoms with E-state index in [1.54, 1.807) is 0 Å². The molecule has 0 amide bonds. The van der Waals surface area contributed by atoms with E-state index < -0.39 is 18.0 Å². The van der Waals surface area contributed by atoms with Crippen LogP contribution in [0.15, 0.2) is 0 Å². The van der Waals surface area contributed by atoms with Crippen LogP contribution in [0.2, 0.25) is 0 Å². The maximum atomic E-state index is 9.99. The number of nitrogens with two attached hydrogens (primary N) is 2. The molecule has 0 aromatic rings. The van der Waals surface area contributed by atoms with Crippen LogP contribution in [0.3, 0.4) is 0 Å². The topological polar surface area (TPSA) is 127 Å². The molecule has 0 saturated heterocycles. The molecule has 100 valence electrons. The van der Waals surface area contributed by atoms with Crippen LogP contribution in [-0.2, 0) is 9.59 Å². The van der Waals surface area contributed by atoms with Crippen LogP contribution in [0.5, 0.6) is 0 Å². The molecule has 6 heteroatoms. The summed E-state index contributed by atoms with van der Waals surface area (Å²) in [4.78, 5) is 19.9. The normalized spacial score (nSPS) is 17.8. The first-order valence-corrected chi connectivity index (χ1v) is 5.89. The van der Waals surface area contributed by atoms with Crippen molar-refractivity contribution in [2.75, 3.05) is 0 Å². The van der Waals surface area contributed by atoms with Crippen LogP contribution in [0.1, 0.15) is 44.9 Å². The van der Waals surface area contributed by atoms with E-state index in [0.29, 0.717) is 6.04 Å². The second kappa shape index (κ2) is 8.95. The number of carboxylic acids is 2. The van der Waals surface area contributed by atoms with Crippen molar-refractivity contribution < 1.29 is 19.8 Å². The lowest BCUT2D eigenvalue weighted by atomic mass is 9.97. The van der Waals surface area contributed by atoms with E-state index >= 15 is 0 Å². The van der Waals surface area contributed by atoms with Gasteiger partial charge in [-0.1, -0.05) is 19.3 Å². The molecule has 6 N–H and O–H groups in total. The van der Waals surface area contributed by atoms with Crippen molar-refractivity contribution in [1.82, 2.24) is 0 Å². The van der Waals surface area contributed by atoms with E-state index in [-0.39, 0.29) is 12.8 Å². The third-order valence-corrected chi connectivity index (χ3v) is 2.64. The quantitative estimate of drug-likeness (QED) is 0.573. The zero-order valence-corrected chi connectivity index (χ0v) is 9.97. The molecule has 0 aromatic heterocycles. The first kappa shape index (κ1) is 15.9. The Morgan fingerprint density at radius 2 is 1.71 bits per heavy atom. The first-order chi connectivity index (χ1) is 7.93. The monoisotopic (exact) mass is 246 g/mol. The van der Waals surface area contributed by atoms with Crippen LogP contribution in [0.25, 0.3) is 0 Å². The molecule has 1 saturated carbocycles. The summed E-state index contributed by atoms with van der Waals surface area (Å²) in [5.41, 5.74) is 10.6. The van der Waals surface area contributed by atoms with Crippen molar-refractivity contribution in [3.8, 4) is 0 Å². The lowest BCUT2D eigenvalue weighted by Crippen LogP contribution is -2.30. The van der Waals surface area contributed by atoms with Crippen molar-refractivity contribution >= 4 is 11.9 Å². The Bertz CT molecular complexity index is 240. The Kier molecular flexibility index (Phi) is 8.35. The number of hydrogen-bond acceptors (Lipinski definition) is 4. The average Bonchev–Trinajstić information content (AvgIpc) is 2.27. The van der Waals surface area contributed by atoms with E-state index in [1.165, 1.54) is 32.1 Å². The minimum Gasteiger partial charge on any atom is -0.481 e.